The maximum Gasteiger partial charge on any atom is 0.323 e. The quantitative estimate of drug-likeness (QED) is 0.658. The molecule has 1 aliphatic heterocycles. The van der Waals surface area contributed by atoms with E-state index in [2.05, 4.69) is 36.5 Å². The second-order valence-corrected chi connectivity index (χ2v) is 5.85. The summed E-state index contributed by atoms with van der Waals surface area (Å²) < 4.78 is 5.94. The van der Waals surface area contributed by atoms with Gasteiger partial charge in [-0.05, 0) is 34.5 Å². The first kappa shape index (κ1) is 14.3. The van der Waals surface area contributed by atoms with Gasteiger partial charge in [0.2, 0.25) is 5.91 Å². The number of nitrogens with one attached hydrogen (secondary N) is 4. The van der Waals surface area contributed by atoms with Crippen LogP contribution < -0.4 is 16.3 Å². The summed E-state index contributed by atoms with van der Waals surface area (Å²) in [7, 11) is 1.64. The number of anilines is 1. The minimum Gasteiger partial charge on any atom is -0.380 e. The van der Waals surface area contributed by atoms with Crippen LogP contribution in [0.1, 0.15) is 6.42 Å². The molecule has 1 aromatic carbocycles. The molecule has 8 heteroatoms. The first-order chi connectivity index (χ1) is 10.1. The molecule has 1 aromatic heterocycles. The van der Waals surface area contributed by atoms with Crippen molar-refractivity contribution in [1.82, 2.24) is 15.3 Å². The third-order valence-corrected chi connectivity index (χ3v) is 4.26. The van der Waals surface area contributed by atoms with Crippen LogP contribution >= 0.6 is 15.9 Å². The van der Waals surface area contributed by atoms with E-state index < -0.39 is 0 Å². The van der Waals surface area contributed by atoms with Crippen LogP contribution in [0.2, 0.25) is 0 Å². The van der Waals surface area contributed by atoms with Gasteiger partial charge in [-0.25, -0.2) is 4.79 Å². The Morgan fingerprint density at radius 3 is 2.76 bits per heavy atom. The zero-order valence-electron chi connectivity index (χ0n) is 11.3. The lowest BCUT2D eigenvalue weighted by Crippen LogP contribution is -2.35. The zero-order chi connectivity index (χ0) is 15.0. The Labute approximate surface area is 128 Å². The third-order valence-electron chi connectivity index (χ3n) is 3.60. The van der Waals surface area contributed by atoms with Crippen LogP contribution in [0.5, 0.6) is 0 Å². The predicted octanol–water partition coefficient (Wildman–Crippen LogP) is 0.934. The van der Waals surface area contributed by atoms with E-state index in [0.717, 1.165) is 0 Å². The molecule has 1 amide bonds. The number of ether oxygens (including phenoxy) is 1. The van der Waals surface area contributed by atoms with Crippen LogP contribution in [0.15, 0.2) is 21.4 Å². The zero-order valence-corrected chi connectivity index (χ0v) is 12.9. The average Bonchev–Trinajstić information content (AvgIpc) is 3.04. The minimum atomic E-state index is -0.277. The second kappa shape index (κ2) is 5.63. The number of benzene rings is 1. The van der Waals surface area contributed by atoms with Gasteiger partial charge < -0.3 is 25.3 Å². The molecule has 1 aliphatic rings. The molecule has 7 nitrogen and oxygen atoms in total. The number of halogens is 1. The molecule has 0 bridgehead atoms. The van der Waals surface area contributed by atoms with Crippen molar-refractivity contribution in [3.05, 3.63) is 27.1 Å². The molecule has 21 heavy (non-hydrogen) atoms. The highest BCUT2D eigenvalue weighted by Gasteiger charge is 2.29. The van der Waals surface area contributed by atoms with Crippen molar-refractivity contribution in [3.8, 4) is 0 Å². The maximum absolute atomic E-state index is 12.2. The average molecular weight is 355 g/mol. The molecule has 2 heterocycles. The topological polar surface area (TPSA) is 99.0 Å². The molecule has 0 aliphatic carbocycles. The van der Waals surface area contributed by atoms with Gasteiger partial charge in [0.05, 0.1) is 28.9 Å². The number of fused-ring (bicyclic) bond motifs is 1. The number of hydrogen-bond acceptors (Lipinski definition) is 4. The Bertz CT molecular complexity index is 739. The van der Waals surface area contributed by atoms with Gasteiger partial charge in [-0.3, -0.25) is 4.79 Å². The minimum absolute atomic E-state index is 0.0627. The first-order valence-corrected chi connectivity index (χ1v) is 7.34. The Morgan fingerprint density at radius 2 is 2.10 bits per heavy atom. The Balaban J connectivity index is 1.79. The lowest BCUT2D eigenvalue weighted by Gasteiger charge is -2.12. The molecule has 3 rings (SSSR count). The van der Waals surface area contributed by atoms with Gasteiger partial charge in [0.15, 0.2) is 0 Å². The highest BCUT2D eigenvalue weighted by atomic mass is 79.9. The lowest BCUT2D eigenvalue weighted by atomic mass is 10.2. The fourth-order valence-corrected chi connectivity index (χ4v) is 2.90. The van der Waals surface area contributed by atoms with E-state index in [9.17, 15) is 9.59 Å². The van der Waals surface area contributed by atoms with Crippen molar-refractivity contribution in [1.29, 1.82) is 0 Å². The Morgan fingerprint density at radius 1 is 1.38 bits per heavy atom. The van der Waals surface area contributed by atoms with Crippen LogP contribution in [-0.4, -0.2) is 41.7 Å². The predicted molar refractivity (Wildman–Crippen MR) is 82.5 cm³/mol. The van der Waals surface area contributed by atoms with Crippen molar-refractivity contribution in [2.75, 3.05) is 19.0 Å². The molecule has 0 radical (unpaired) electrons. The van der Waals surface area contributed by atoms with Crippen LogP contribution in [0.3, 0.4) is 0 Å². The number of imidazole rings is 1. The second-order valence-electron chi connectivity index (χ2n) is 5.00. The van der Waals surface area contributed by atoms with Crippen molar-refractivity contribution in [2.24, 2.45) is 0 Å². The van der Waals surface area contributed by atoms with E-state index in [1.807, 2.05) is 0 Å². The van der Waals surface area contributed by atoms with Gasteiger partial charge in [0.1, 0.15) is 0 Å². The van der Waals surface area contributed by atoms with Crippen LogP contribution in [0.25, 0.3) is 11.0 Å². The Hall–Kier alpha value is -1.64. The lowest BCUT2D eigenvalue weighted by molar-refractivity contribution is -0.118. The van der Waals surface area contributed by atoms with Crippen LogP contribution in [-0.2, 0) is 9.53 Å². The summed E-state index contributed by atoms with van der Waals surface area (Å²) in [5.74, 6) is -0.118. The summed E-state index contributed by atoms with van der Waals surface area (Å²) in [5.41, 5.74) is 1.67. The number of carbonyl (C=O) groups is 1. The number of aromatic nitrogens is 2. The molecular weight excluding hydrogens is 340 g/mol. The van der Waals surface area contributed by atoms with E-state index in [0.29, 0.717) is 34.2 Å². The maximum atomic E-state index is 12.2. The van der Waals surface area contributed by atoms with E-state index in [1.54, 1.807) is 19.2 Å². The van der Waals surface area contributed by atoms with Gasteiger partial charge in [0, 0.05) is 18.1 Å². The monoisotopic (exact) mass is 354 g/mol. The first-order valence-electron chi connectivity index (χ1n) is 6.55. The summed E-state index contributed by atoms with van der Waals surface area (Å²) >= 11 is 3.39. The van der Waals surface area contributed by atoms with Gasteiger partial charge in [-0.1, -0.05) is 0 Å². The molecule has 2 atom stereocenters. The molecule has 1 fully saturated rings. The normalized spacial score (nSPS) is 21.8. The van der Waals surface area contributed by atoms with Crippen molar-refractivity contribution in [3.63, 3.8) is 0 Å². The molecule has 0 spiro atoms. The van der Waals surface area contributed by atoms with Crippen molar-refractivity contribution >= 4 is 38.6 Å². The fraction of sp³-hybridized carbons (Fsp3) is 0.385. The van der Waals surface area contributed by atoms with Crippen LogP contribution in [0.4, 0.5) is 5.69 Å². The summed E-state index contributed by atoms with van der Waals surface area (Å²) in [6.07, 6.45) is 0.705. The number of carbonyl (C=O) groups excluding carboxylic acids is 1. The standard InChI is InChI=1S/C13H15BrN4O3/c1-21-6-2-11(15-5-6)12(19)16-8-4-10-9(3-7(8)14)17-13(20)18-10/h3-4,6,11,15H,2,5H2,1H3,(H,16,19)(H2,17,18,20). The molecule has 0 saturated carbocycles. The smallest absolute Gasteiger partial charge is 0.323 e. The SMILES string of the molecule is COC1CNC(C(=O)Nc2cc3[nH]c(=O)[nH]c3cc2Br)C1. The van der Waals surface area contributed by atoms with Gasteiger partial charge in [-0.2, -0.15) is 0 Å². The Kier molecular flexibility index (Phi) is 3.83. The van der Waals surface area contributed by atoms with E-state index >= 15 is 0 Å². The van der Waals surface area contributed by atoms with Gasteiger partial charge in [-0.15, -0.1) is 0 Å². The summed E-state index contributed by atoms with van der Waals surface area (Å²) in [6, 6.07) is 3.20. The molecule has 4 N–H and O–H groups in total. The molecule has 112 valence electrons. The number of methoxy groups -OCH3 is 1. The number of H-pyrrole nitrogens is 2. The summed E-state index contributed by atoms with van der Waals surface area (Å²) in [4.78, 5) is 28.8. The highest BCUT2D eigenvalue weighted by Crippen LogP contribution is 2.27. The van der Waals surface area contributed by atoms with Crippen molar-refractivity contribution in [2.45, 2.75) is 18.6 Å². The summed E-state index contributed by atoms with van der Waals surface area (Å²) in [5, 5.41) is 5.98. The molecule has 2 unspecified atom stereocenters. The molecule has 2 aromatic rings. The number of aromatic amines is 2. The fourth-order valence-electron chi connectivity index (χ4n) is 2.45. The number of hydrogen-bond donors (Lipinski definition) is 4. The number of rotatable bonds is 3. The van der Waals surface area contributed by atoms with Crippen molar-refractivity contribution < 1.29 is 9.53 Å². The van der Waals surface area contributed by atoms with Crippen LogP contribution in [0, 0.1) is 0 Å². The third kappa shape index (κ3) is 2.87. The van der Waals surface area contributed by atoms with E-state index in [4.69, 9.17) is 4.74 Å². The number of amides is 1. The van der Waals surface area contributed by atoms with E-state index in [1.165, 1.54) is 0 Å². The largest absolute Gasteiger partial charge is 0.380 e. The highest BCUT2D eigenvalue weighted by molar-refractivity contribution is 9.10. The summed E-state index contributed by atoms with van der Waals surface area (Å²) in [6.45, 7) is 0.667. The van der Waals surface area contributed by atoms with E-state index in [-0.39, 0.29) is 23.7 Å². The molecular formula is C13H15BrN4O3. The van der Waals surface area contributed by atoms with Gasteiger partial charge >= 0.3 is 5.69 Å². The van der Waals surface area contributed by atoms with Gasteiger partial charge in [0.25, 0.3) is 0 Å². The molecule has 1 saturated heterocycles.